The molecule has 0 amide bonds. The summed E-state index contributed by atoms with van der Waals surface area (Å²) in [7, 11) is 1.30. The SMILES string of the molecule is COC(C)(Cc1ccccc1F)C(=O)O. The number of methoxy groups -OCH3 is 1. The number of rotatable bonds is 4. The second kappa shape index (κ2) is 4.40. The van der Waals surface area contributed by atoms with E-state index < -0.39 is 17.4 Å². The van der Waals surface area contributed by atoms with Crippen LogP contribution in [0.1, 0.15) is 12.5 Å². The Labute approximate surface area is 87.5 Å². The third-order valence-electron chi connectivity index (χ3n) is 2.39. The molecule has 0 heterocycles. The van der Waals surface area contributed by atoms with Gasteiger partial charge in [-0.3, -0.25) is 0 Å². The van der Waals surface area contributed by atoms with Gasteiger partial charge in [0.2, 0.25) is 0 Å². The minimum absolute atomic E-state index is 0.00546. The lowest BCUT2D eigenvalue weighted by Gasteiger charge is -2.23. The molecule has 0 radical (unpaired) electrons. The molecule has 0 fully saturated rings. The Kier molecular flexibility index (Phi) is 3.42. The van der Waals surface area contributed by atoms with Crippen LogP contribution in [0.15, 0.2) is 24.3 Å². The van der Waals surface area contributed by atoms with Crippen LogP contribution in [0.2, 0.25) is 0 Å². The van der Waals surface area contributed by atoms with Crippen LogP contribution in [0.3, 0.4) is 0 Å². The Balaban J connectivity index is 2.94. The van der Waals surface area contributed by atoms with Crippen molar-refractivity contribution in [3.8, 4) is 0 Å². The molecule has 0 aliphatic rings. The van der Waals surface area contributed by atoms with Crippen molar-refractivity contribution in [3.05, 3.63) is 35.6 Å². The van der Waals surface area contributed by atoms with Gasteiger partial charge < -0.3 is 9.84 Å². The molecule has 4 heteroatoms. The molecule has 0 saturated heterocycles. The fourth-order valence-corrected chi connectivity index (χ4v) is 1.24. The highest BCUT2D eigenvalue weighted by Crippen LogP contribution is 2.19. The fourth-order valence-electron chi connectivity index (χ4n) is 1.24. The zero-order valence-corrected chi connectivity index (χ0v) is 8.66. The highest BCUT2D eigenvalue weighted by Gasteiger charge is 2.33. The molecular formula is C11H13FO3. The van der Waals surface area contributed by atoms with Crippen LogP contribution in [-0.4, -0.2) is 23.8 Å². The second-order valence-corrected chi connectivity index (χ2v) is 3.51. The quantitative estimate of drug-likeness (QED) is 0.828. The van der Waals surface area contributed by atoms with Crippen molar-refractivity contribution in [1.29, 1.82) is 0 Å². The summed E-state index contributed by atoms with van der Waals surface area (Å²) in [4.78, 5) is 10.9. The smallest absolute Gasteiger partial charge is 0.336 e. The Hall–Kier alpha value is -1.42. The molecule has 1 aromatic carbocycles. The van der Waals surface area contributed by atoms with Gasteiger partial charge in [-0.1, -0.05) is 18.2 Å². The van der Waals surface area contributed by atoms with E-state index in [1.807, 2.05) is 0 Å². The molecule has 1 unspecified atom stereocenters. The number of hydrogen-bond donors (Lipinski definition) is 1. The fraction of sp³-hybridized carbons (Fsp3) is 0.364. The number of halogens is 1. The van der Waals surface area contributed by atoms with Gasteiger partial charge >= 0.3 is 5.97 Å². The van der Waals surface area contributed by atoms with E-state index in [1.54, 1.807) is 18.2 Å². The van der Waals surface area contributed by atoms with Crippen LogP contribution < -0.4 is 0 Å². The molecule has 1 N–H and O–H groups in total. The number of ether oxygens (including phenoxy) is 1. The molecule has 3 nitrogen and oxygen atoms in total. The third-order valence-corrected chi connectivity index (χ3v) is 2.39. The van der Waals surface area contributed by atoms with Crippen molar-refractivity contribution in [2.75, 3.05) is 7.11 Å². The lowest BCUT2D eigenvalue weighted by molar-refractivity contribution is -0.159. The van der Waals surface area contributed by atoms with Gasteiger partial charge in [0, 0.05) is 13.5 Å². The summed E-state index contributed by atoms with van der Waals surface area (Å²) < 4.78 is 18.2. The predicted molar refractivity (Wildman–Crippen MR) is 53.2 cm³/mol. The lowest BCUT2D eigenvalue weighted by Crippen LogP contribution is -2.39. The van der Waals surface area contributed by atoms with Gasteiger partial charge in [0.05, 0.1) is 0 Å². The average Bonchev–Trinajstić information content (AvgIpc) is 2.21. The molecule has 82 valence electrons. The van der Waals surface area contributed by atoms with Gasteiger partial charge in [0.15, 0.2) is 5.60 Å². The van der Waals surface area contributed by atoms with E-state index in [0.29, 0.717) is 5.56 Å². The third kappa shape index (κ3) is 2.53. The van der Waals surface area contributed by atoms with E-state index in [9.17, 15) is 9.18 Å². The lowest BCUT2D eigenvalue weighted by atomic mass is 9.96. The summed E-state index contributed by atoms with van der Waals surface area (Å²) in [5.41, 5.74) is -1.05. The first-order valence-electron chi connectivity index (χ1n) is 4.51. The van der Waals surface area contributed by atoms with E-state index in [2.05, 4.69) is 0 Å². The predicted octanol–water partition coefficient (Wildman–Crippen LogP) is 1.86. The van der Waals surface area contributed by atoms with E-state index in [-0.39, 0.29) is 6.42 Å². The van der Waals surface area contributed by atoms with Gasteiger partial charge in [-0.05, 0) is 18.6 Å². The normalized spacial score (nSPS) is 14.6. The molecule has 1 atom stereocenters. The molecule has 0 aromatic heterocycles. The van der Waals surface area contributed by atoms with Crippen LogP contribution in [0.4, 0.5) is 4.39 Å². The Morgan fingerprint density at radius 3 is 2.60 bits per heavy atom. The highest BCUT2D eigenvalue weighted by atomic mass is 19.1. The Morgan fingerprint density at radius 2 is 2.13 bits per heavy atom. The number of carboxylic acid groups (broad SMARTS) is 1. The summed E-state index contributed by atoms with van der Waals surface area (Å²) >= 11 is 0. The molecule has 15 heavy (non-hydrogen) atoms. The first kappa shape index (κ1) is 11.7. The second-order valence-electron chi connectivity index (χ2n) is 3.51. The van der Waals surface area contributed by atoms with Crippen LogP contribution in [0.25, 0.3) is 0 Å². The zero-order valence-electron chi connectivity index (χ0n) is 8.66. The molecule has 0 bridgehead atoms. The summed E-state index contributed by atoms with van der Waals surface area (Å²) in [6.45, 7) is 1.42. The van der Waals surface area contributed by atoms with Crippen molar-refractivity contribution in [1.82, 2.24) is 0 Å². The Morgan fingerprint density at radius 1 is 1.53 bits per heavy atom. The van der Waals surface area contributed by atoms with E-state index in [4.69, 9.17) is 9.84 Å². The van der Waals surface area contributed by atoms with Gasteiger partial charge in [-0.2, -0.15) is 0 Å². The molecule has 0 aliphatic carbocycles. The van der Waals surface area contributed by atoms with Crippen LogP contribution in [0.5, 0.6) is 0 Å². The first-order valence-corrected chi connectivity index (χ1v) is 4.51. The summed E-state index contributed by atoms with van der Waals surface area (Å²) in [6.07, 6.45) is 0.00546. The summed E-state index contributed by atoms with van der Waals surface area (Å²) in [6, 6.07) is 6.07. The zero-order chi connectivity index (χ0) is 11.5. The van der Waals surface area contributed by atoms with Crippen molar-refractivity contribution in [2.24, 2.45) is 0 Å². The van der Waals surface area contributed by atoms with Crippen LogP contribution in [-0.2, 0) is 16.0 Å². The minimum Gasteiger partial charge on any atom is -0.479 e. The maximum absolute atomic E-state index is 13.3. The first-order chi connectivity index (χ1) is 6.99. The van der Waals surface area contributed by atoms with Crippen LogP contribution in [0, 0.1) is 5.82 Å². The van der Waals surface area contributed by atoms with Crippen molar-refractivity contribution in [3.63, 3.8) is 0 Å². The summed E-state index contributed by atoms with van der Waals surface area (Å²) in [5, 5.41) is 8.94. The van der Waals surface area contributed by atoms with Crippen molar-refractivity contribution >= 4 is 5.97 Å². The van der Waals surface area contributed by atoms with Gasteiger partial charge in [0.1, 0.15) is 5.82 Å². The van der Waals surface area contributed by atoms with Crippen LogP contribution >= 0.6 is 0 Å². The van der Waals surface area contributed by atoms with E-state index >= 15 is 0 Å². The van der Waals surface area contributed by atoms with Crippen molar-refractivity contribution < 1.29 is 19.0 Å². The molecule has 0 spiro atoms. The van der Waals surface area contributed by atoms with Crippen molar-refractivity contribution in [2.45, 2.75) is 18.9 Å². The molecule has 1 aromatic rings. The Bertz CT molecular complexity index is 365. The van der Waals surface area contributed by atoms with E-state index in [1.165, 1.54) is 20.1 Å². The van der Waals surface area contributed by atoms with Gasteiger partial charge in [0.25, 0.3) is 0 Å². The standard InChI is InChI=1S/C11H13FO3/c1-11(15-2,10(13)14)7-8-5-3-4-6-9(8)12/h3-6H,7H2,1-2H3,(H,13,14). The number of benzene rings is 1. The largest absolute Gasteiger partial charge is 0.479 e. The number of aliphatic carboxylic acids is 1. The number of carboxylic acids is 1. The maximum Gasteiger partial charge on any atom is 0.336 e. The molecule has 1 rings (SSSR count). The summed E-state index contributed by atoms with van der Waals surface area (Å²) in [5.74, 6) is -1.52. The minimum atomic E-state index is -1.39. The topological polar surface area (TPSA) is 46.5 Å². The maximum atomic E-state index is 13.3. The number of hydrogen-bond acceptors (Lipinski definition) is 2. The monoisotopic (exact) mass is 212 g/mol. The highest BCUT2D eigenvalue weighted by molar-refractivity contribution is 5.77. The molecule has 0 saturated carbocycles. The van der Waals surface area contributed by atoms with Gasteiger partial charge in [-0.15, -0.1) is 0 Å². The number of carbonyl (C=O) groups is 1. The average molecular weight is 212 g/mol. The molecular weight excluding hydrogens is 199 g/mol. The molecule has 0 aliphatic heterocycles. The van der Waals surface area contributed by atoms with Gasteiger partial charge in [-0.25, -0.2) is 9.18 Å². The van der Waals surface area contributed by atoms with E-state index in [0.717, 1.165) is 0 Å².